The number of carbonyl (C=O) groups is 1. The van der Waals surface area contributed by atoms with Crippen molar-refractivity contribution in [3.63, 3.8) is 0 Å². The molecule has 16 heteroatoms. The number of anilines is 1. The number of rotatable bonds is 15. The van der Waals surface area contributed by atoms with Crippen LogP contribution in [0, 0.1) is 0 Å². The van der Waals surface area contributed by atoms with E-state index < -0.39 is 52.9 Å². The summed E-state index contributed by atoms with van der Waals surface area (Å²) in [7, 11) is -11.3. The normalized spacial score (nSPS) is 20.0. The summed E-state index contributed by atoms with van der Waals surface area (Å²) in [6.45, 7) is 5.94. The molecule has 50 heavy (non-hydrogen) atoms. The smallest absolute Gasteiger partial charge is 0.303 e. The van der Waals surface area contributed by atoms with Crippen LogP contribution < -0.4 is 4.90 Å². The number of unbranched alkanes of at least 4 members (excludes halogenated alkanes) is 2. The van der Waals surface area contributed by atoms with Crippen LogP contribution in [0.3, 0.4) is 0 Å². The Bertz CT molecular complexity index is 2130. The van der Waals surface area contributed by atoms with Crippen LogP contribution in [0.5, 0.6) is 0 Å². The van der Waals surface area contributed by atoms with E-state index in [1.54, 1.807) is 24.3 Å². The molecule has 1 atom stereocenters. The van der Waals surface area contributed by atoms with Crippen LogP contribution in [-0.2, 0) is 46.0 Å². The van der Waals surface area contributed by atoms with Gasteiger partial charge in [0.1, 0.15) is 6.54 Å². The molecule has 2 heterocycles. The fraction of sp³-hybridized carbons (Fsp3) is 0.412. The summed E-state index contributed by atoms with van der Waals surface area (Å²) < 4.78 is 101. The van der Waals surface area contributed by atoms with Crippen LogP contribution in [-0.4, -0.2) is 79.6 Å². The zero-order valence-electron chi connectivity index (χ0n) is 28.3. The molecule has 0 bridgehead atoms. The minimum atomic E-state index is -4.48. The molecule has 272 valence electrons. The van der Waals surface area contributed by atoms with Crippen molar-refractivity contribution in [1.82, 2.24) is 0 Å². The Labute approximate surface area is 293 Å². The molecule has 0 aromatic heterocycles. The van der Waals surface area contributed by atoms with Crippen molar-refractivity contribution in [3.8, 4) is 0 Å². The molecular formula is C34H43N2O11S3+. The molecule has 0 saturated heterocycles. The fourth-order valence-electron chi connectivity index (χ4n) is 6.86. The number of nitrogens with zero attached hydrogens (tertiary/aromatic N) is 2. The Morgan fingerprint density at radius 1 is 0.820 bits per heavy atom. The fourth-order valence-corrected chi connectivity index (χ4v) is 8.36. The Balaban J connectivity index is 1.68. The highest BCUT2D eigenvalue weighted by Gasteiger charge is 2.45. The number of allylic oxidation sites excluding steroid dienone is 6. The van der Waals surface area contributed by atoms with Crippen molar-refractivity contribution in [2.45, 2.75) is 79.9 Å². The second kappa shape index (κ2) is 14.5. The molecule has 0 aliphatic carbocycles. The summed E-state index contributed by atoms with van der Waals surface area (Å²) in [5.41, 5.74) is 2.89. The van der Waals surface area contributed by atoms with E-state index in [2.05, 4.69) is 0 Å². The molecule has 0 saturated carbocycles. The van der Waals surface area contributed by atoms with Gasteiger partial charge in [-0.05, 0) is 75.6 Å². The predicted molar refractivity (Wildman–Crippen MR) is 189 cm³/mol. The van der Waals surface area contributed by atoms with E-state index in [1.165, 1.54) is 24.3 Å². The average molecular weight is 752 g/mol. The third-order valence-electron chi connectivity index (χ3n) is 9.39. The average Bonchev–Trinajstić information content (AvgIpc) is 3.33. The summed E-state index contributed by atoms with van der Waals surface area (Å²) in [6.07, 6.45) is 11.7. The van der Waals surface area contributed by atoms with E-state index in [9.17, 15) is 43.7 Å². The lowest BCUT2D eigenvalue weighted by Crippen LogP contribution is -2.28. The molecule has 4 rings (SSSR count). The SMILES string of the molecule is CN1\C(=C/C=C/C=C/C2=[N+](CCCS(=O)(=O)O)c3ccc(S(=O)(=O)O)cc3C2(C)C)C(C)(CCCCCC(=O)O)c2cc(S(=O)(=O)O)ccc21. The molecule has 2 aliphatic rings. The quantitative estimate of drug-likeness (QED) is 0.0795. The minimum absolute atomic E-state index is 0.0540. The van der Waals surface area contributed by atoms with Gasteiger partial charge in [0.05, 0.1) is 21.0 Å². The molecule has 1 unspecified atom stereocenters. The van der Waals surface area contributed by atoms with Gasteiger partial charge in [-0.1, -0.05) is 31.1 Å². The maximum Gasteiger partial charge on any atom is 0.303 e. The number of hydrogen-bond donors (Lipinski definition) is 4. The van der Waals surface area contributed by atoms with Crippen LogP contribution in [0.1, 0.15) is 70.4 Å². The molecule has 2 aliphatic heterocycles. The maximum atomic E-state index is 12.0. The highest BCUT2D eigenvalue weighted by atomic mass is 32.2. The van der Waals surface area contributed by atoms with Crippen LogP contribution in [0.25, 0.3) is 0 Å². The van der Waals surface area contributed by atoms with Gasteiger partial charge in [0.25, 0.3) is 30.4 Å². The lowest BCUT2D eigenvalue weighted by atomic mass is 9.77. The first-order chi connectivity index (χ1) is 23.1. The second-order valence-corrected chi connectivity index (χ2v) is 17.7. The first kappa shape index (κ1) is 39.1. The number of hydrogen-bond acceptors (Lipinski definition) is 8. The third kappa shape index (κ3) is 8.61. The molecule has 4 N–H and O–H groups in total. The van der Waals surface area contributed by atoms with E-state index in [0.29, 0.717) is 36.9 Å². The maximum absolute atomic E-state index is 12.0. The monoisotopic (exact) mass is 751 g/mol. The lowest BCUT2D eigenvalue weighted by Gasteiger charge is -2.29. The van der Waals surface area contributed by atoms with Gasteiger partial charge < -0.3 is 10.0 Å². The molecular weight excluding hydrogens is 709 g/mol. The first-order valence-corrected chi connectivity index (χ1v) is 20.4. The van der Waals surface area contributed by atoms with Crippen LogP contribution in [0.15, 0.2) is 82.3 Å². The van der Waals surface area contributed by atoms with Gasteiger partial charge in [0, 0.05) is 54.4 Å². The largest absolute Gasteiger partial charge is 0.481 e. The molecule has 0 fully saturated rings. The summed E-state index contributed by atoms with van der Waals surface area (Å²) in [6, 6.07) is 8.69. The zero-order valence-corrected chi connectivity index (χ0v) is 30.7. The minimum Gasteiger partial charge on any atom is -0.481 e. The molecule has 0 radical (unpaired) electrons. The predicted octanol–water partition coefficient (Wildman–Crippen LogP) is 5.27. The zero-order chi connectivity index (χ0) is 37.3. The molecule has 2 aromatic carbocycles. The standard InChI is InChI=1S/C34H42N2O11S3/c1-33(2)26-22-24(49(42,43)44)16-18-29(26)36(20-11-21-48(39,40)41)30(33)12-7-5-8-13-31-34(3,19-10-6-9-14-32(37)38)27-23-25(50(45,46)47)15-17-28(27)35(31)4/h5,7-8,12-13,15-18,22-23H,6,9-11,14,19-21H2,1-4H3,(H3-,37,38,39,40,41,42,43,44,45,46,47)/p+1. The number of fused-ring (bicyclic) bond motifs is 2. The number of aliphatic carboxylic acids is 1. The highest BCUT2D eigenvalue weighted by molar-refractivity contribution is 7.86. The Kier molecular flexibility index (Phi) is 11.4. The number of likely N-dealkylation sites (N-methyl/N-ethyl adjacent to an activating group) is 1. The summed E-state index contributed by atoms with van der Waals surface area (Å²) in [4.78, 5) is 12.5. The van der Waals surface area contributed by atoms with Gasteiger partial charge in [-0.2, -0.15) is 29.8 Å². The Hall–Kier alpha value is -3.67. The van der Waals surface area contributed by atoms with Crippen molar-refractivity contribution < 1.29 is 53.4 Å². The van der Waals surface area contributed by atoms with Crippen molar-refractivity contribution >= 4 is 53.4 Å². The first-order valence-electron chi connectivity index (χ1n) is 15.9. The van der Waals surface area contributed by atoms with Gasteiger partial charge in [-0.15, -0.1) is 0 Å². The summed E-state index contributed by atoms with van der Waals surface area (Å²) in [5, 5.41) is 9.02. The Morgan fingerprint density at radius 3 is 2.04 bits per heavy atom. The van der Waals surface area contributed by atoms with Gasteiger partial charge >= 0.3 is 5.97 Å². The Morgan fingerprint density at radius 2 is 1.44 bits per heavy atom. The number of carboxylic acids is 1. The van der Waals surface area contributed by atoms with E-state index in [1.807, 2.05) is 55.5 Å². The topological polar surface area (TPSA) is 207 Å². The van der Waals surface area contributed by atoms with Crippen molar-refractivity contribution in [3.05, 3.63) is 83.6 Å². The van der Waals surface area contributed by atoms with Crippen LogP contribution in [0.2, 0.25) is 0 Å². The van der Waals surface area contributed by atoms with E-state index in [4.69, 9.17) is 5.11 Å². The summed E-state index contributed by atoms with van der Waals surface area (Å²) >= 11 is 0. The van der Waals surface area contributed by atoms with Gasteiger partial charge in [-0.3, -0.25) is 18.5 Å². The van der Waals surface area contributed by atoms with Crippen LogP contribution >= 0.6 is 0 Å². The molecule has 0 spiro atoms. The van der Waals surface area contributed by atoms with E-state index in [-0.39, 0.29) is 29.2 Å². The van der Waals surface area contributed by atoms with Crippen molar-refractivity contribution in [1.29, 1.82) is 0 Å². The third-order valence-corrected chi connectivity index (χ3v) is 11.9. The van der Waals surface area contributed by atoms with E-state index in [0.717, 1.165) is 22.7 Å². The molecule has 2 aromatic rings. The second-order valence-electron chi connectivity index (χ2n) is 13.3. The molecule has 0 amide bonds. The van der Waals surface area contributed by atoms with Gasteiger partial charge in [0.2, 0.25) is 5.69 Å². The van der Waals surface area contributed by atoms with Crippen molar-refractivity contribution in [2.24, 2.45) is 0 Å². The number of benzene rings is 2. The van der Waals surface area contributed by atoms with Crippen LogP contribution in [0.4, 0.5) is 11.4 Å². The summed E-state index contributed by atoms with van der Waals surface area (Å²) in [5.74, 6) is -1.34. The van der Waals surface area contributed by atoms with Gasteiger partial charge in [-0.25, -0.2) is 0 Å². The number of carboxylic acid groups (broad SMARTS) is 1. The highest BCUT2D eigenvalue weighted by Crippen LogP contribution is 2.50. The molecule has 13 nitrogen and oxygen atoms in total. The lowest BCUT2D eigenvalue weighted by molar-refractivity contribution is -0.437. The van der Waals surface area contributed by atoms with Gasteiger partial charge in [0.15, 0.2) is 5.71 Å². The van der Waals surface area contributed by atoms with Crippen molar-refractivity contribution in [2.75, 3.05) is 24.2 Å². The van der Waals surface area contributed by atoms with E-state index >= 15 is 0 Å².